The van der Waals surface area contributed by atoms with Crippen molar-refractivity contribution in [3.05, 3.63) is 77.4 Å². The van der Waals surface area contributed by atoms with E-state index in [0.717, 1.165) is 40.5 Å². The Morgan fingerprint density at radius 3 is 2.47 bits per heavy atom. The molecule has 1 unspecified atom stereocenters. The highest BCUT2D eigenvalue weighted by atomic mass is 16.5. The van der Waals surface area contributed by atoms with Crippen LogP contribution in [0.25, 0.3) is 10.8 Å². The van der Waals surface area contributed by atoms with Gasteiger partial charge in [0.1, 0.15) is 11.8 Å². The van der Waals surface area contributed by atoms with E-state index in [9.17, 15) is 9.59 Å². The molecule has 6 nitrogen and oxygen atoms in total. The fraction of sp³-hybridized carbons (Fsp3) is 0.321. The van der Waals surface area contributed by atoms with Gasteiger partial charge >= 0.3 is 0 Å². The van der Waals surface area contributed by atoms with E-state index in [1.54, 1.807) is 18.3 Å². The number of hydrazone groups is 1. The topological polar surface area (TPSA) is 79.8 Å². The number of carbonyl (C=O) groups is 2. The third-order valence-corrected chi connectivity index (χ3v) is 5.60. The molecule has 0 bridgehead atoms. The van der Waals surface area contributed by atoms with E-state index >= 15 is 0 Å². The molecule has 0 aliphatic carbocycles. The molecule has 3 aromatic rings. The van der Waals surface area contributed by atoms with Crippen molar-refractivity contribution in [2.45, 2.75) is 46.6 Å². The maximum atomic E-state index is 12.9. The van der Waals surface area contributed by atoms with E-state index < -0.39 is 6.04 Å². The van der Waals surface area contributed by atoms with Crippen molar-refractivity contribution in [2.24, 2.45) is 11.0 Å². The van der Waals surface area contributed by atoms with Crippen LogP contribution in [0.4, 0.5) is 0 Å². The first kappa shape index (κ1) is 25.0. The van der Waals surface area contributed by atoms with Gasteiger partial charge in [-0.1, -0.05) is 75.2 Å². The average Bonchev–Trinajstić information content (AvgIpc) is 2.83. The predicted molar refractivity (Wildman–Crippen MR) is 137 cm³/mol. The summed E-state index contributed by atoms with van der Waals surface area (Å²) in [6.45, 7) is 8.45. The summed E-state index contributed by atoms with van der Waals surface area (Å²) >= 11 is 0. The number of aryl methyl sites for hydroxylation is 1. The first-order chi connectivity index (χ1) is 16.4. The number of amides is 2. The van der Waals surface area contributed by atoms with Gasteiger partial charge in [0.2, 0.25) is 0 Å². The number of hydrogen-bond donors (Lipinski definition) is 2. The molecular weight excluding hydrogens is 426 g/mol. The van der Waals surface area contributed by atoms with E-state index in [1.165, 1.54) is 0 Å². The molecule has 0 fully saturated rings. The SMILES string of the molecule is CCCCOc1ccc2ccccc2c1/C=N/NC(=O)C(NC(=O)c1ccc(C)cc1)C(C)C. The van der Waals surface area contributed by atoms with Crippen molar-refractivity contribution < 1.29 is 14.3 Å². The van der Waals surface area contributed by atoms with Crippen LogP contribution in [0.3, 0.4) is 0 Å². The van der Waals surface area contributed by atoms with Crippen molar-refractivity contribution in [3.63, 3.8) is 0 Å². The molecule has 1 atom stereocenters. The van der Waals surface area contributed by atoms with Crippen molar-refractivity contribution >= 4 is 28.8 Å². The zero-order chi connectivity index (χ0) is 24.5. The molecule has 0 spiro atoms. The number of hydrogen-bond acceptors (Lipinski definition) is 4. The molecule has 6 heteroatoms. The Bertz CT molecular complexity index is 1150. The molecule has 0 saturated heterocycles. The van der Waals surface area contributed by atoms with Gasteiger partial charge in [0.15, 0.2) is 0 Å². The van der Waals surface area contributed by atoms with Crippen LogP contribution in [0.5, 0.6) is 5.75 Å². The molecule has 0 aliphatic heterocycles. The zero-order valence-electron chi connectivity index (χ0n) is 20.3. The quantitative estimate of drug-likeness (QED) is 0.247. The Morgan fingerprint density at radius 2 is 1.76 bits per heavy atom. The smallest absolute Gasteiger partial charge is 0.262 e. The second-order valence-corrected chi connectivity index (χ2v) is 8.70. The highest BCUT2D eigenvalue weighted by molar-refractivity contribution is 6.03. The number of ether oxygens (including phenoxy) is 1. The van der Waals surface area contributed by atoms with E-state index in [0.29, 0.717) is 12.2 Å². The van der Waals surface area contributed by atoms with Gasteiger partial charge in [0, 0.05) is 11.1 Å². The second-order valence-electron chi connectivity index (χ2n) is 8.70. The van der Waals surface area contributed by atoms with Gasteiger partial charge < -0.3 is 10.1 Å². The lowest BCUT2D eigenvalue weighted by Crippen LogP contribution is -2.48. The molecule has 178 valence electrons. The summed E-state index contributed by atoms with van der Waals surface area (Å²) in [5, 5.41) is 9.09. The van der Waals surface area contributed by atoms with Crippen molar-refractivity contribution in [2.75, 3.05) is 6.61 Å². The number of nitrogens with one attached hydrogen (secondary N) is 2. The van der Waals surface area contributed by atoms with E-state index in [4.69, 9.17) is 4.74 Å². The van der Waals surface area contributed by atoms with Gasteiger partial charge in [0.25, 0.3) is 11.8 Å². The fourth-order valence-corrected chi connectivity index (χ4v) is 3.56. The Balaban J connectivity index is 1.75. The number of fused-ring (bicyclic) bond motifs is 1. The monoisotopic (exact) mass is 459 g/mol. The van der Waals surface area contributed by atoms with Crippen LogP contribution in [-0.4, -0.2) is 30.7 Å². The number of rotatable bonds is 10. The minimum absolute atomic E-state index is 0.116. The second kappa shape index (κ2) is 12.0. The molecule has 2 amide bonds. The molecular formula is C28H33N3O3. The first-order valence-corrected chi connectivity index (χ1v) is 11.8. The molecule has 2 N–H and O–H groups in total. The number of benzene rings is 3. The average molecular weight is 460 g/mol. The molecule has 0 heterocycles. The Morgan fingerprint density at radius 1 is 1.03 bits per heavy atom. The predicted octanol–water partition coefficient (Wildman–Crippen LogP) is 5.23. The van der Waals surface area contributed by atoms with Crippen LogP contribution >= 0.6 is 0 Å². The fourth-order valence-electron chi connectivity index (χ4n) is 3.56. The Kier molecular flexibility index (Phi) is 8.79. The van der Waals surface area contributed by atoms with Gasteiger partial charge in [-0.15, -0.1) is 0 Å². The van der Waals surface area contributed by atoms with Gasteiger partial charge in [-0.3, -0.25) is 9.59 Å². The van der Waals surface area contributed by atoms with E-state index in [1.807, 2.05) is 69.3 Å². The zero-order valence-corrected chi connectivity index (χ0v) is 20.3. The third kappa shape index (κ3) is 6.44. The van der Waals surface area contributed by atoms with E-state index in [-0.39, 0.29) is 17.7 Å². The van der Waals surface area contributed by atoms with Gasteiger partial charge in [-0.2, -0.15) is 5.10 Å². The van der Waals surface area contributed by atoms with Gasteiger partial charge in [-0.05, 0) is 48.2 Å². The molecule has 0 saturated carbocycles. The minimum atomic E-state index is -0.723. The lowest BCUT2D eigenvalue weighted by atomic mass is 10.0. The van der Waals surface area contributed by atoms with Crippen LogP contribution in [0, 0.1) is 12.8 Å². The lowest BCUT2D eigenvalue weighted by molar-refractivity contribution is -0.123. The van der Waals surface area contributed by atoms with Crippen molar-refractivity contribution in [3.8, 4) is 5.75 Å². The number of nitrogens with zero attached hydrogens (tertiary/aromatic N) is 1. The van der Waals surface area contributed by atoms with Crippen LogP contribution < -0.4 is 15.5 Å². The van der Waals surface area contributed by atoms with Crippen LogP contribution in [0.2, 0.25) is 0 Å². The molecule has 34 heavy (non-hydrogen) atoms. The Labute approximate surface area is 201 Å². The molecule has 3 rings (SSSR count). The van der Waals surface area contributed by atoms with Gasteiger partial charge in [0.05, 0.1) is 12.8 Å². The molecule has 0 aromatic heterocycles. The lowest BCUT2D eigenvalue weighted by Gasteiger charge is -2.20. The minimum Gasteiger partial charge on any atom is -0.493 e. The maximum Gasteiger partial charge on any atom is 0.262 e. The van der Waals surface area contributed by atoms with Gasteiger partial charge in [-0.25, -0.2) is 5.43 Å². The summed E-state index contributed by atoms with van der Waals surface area (Å²) in [6, 6.07) is 18.4. The largest absolute Gasteiger partial charge is 0.493 e. The normalized spacial score (nSPS) is 12.1. The summed E-state index contributed by atoms with van der Waals surface area (Å²) in [5.74, 6) is -0.0628. The summed E-state index contributed by atoms with van der Waals surface area (Å²) in [5.41, 5.74) is 4.98. The third-order valence-electron chi connectivity index (χ3n) is 5.60. The van der Waals surface area contributed by atoms with Crippen LogP contribution in [-0.2, 0) is 4.79 Å². The van der Waals surface area contributed by atoms with E-state index in [2.05, 4.69) is 22.8 Å². The summed E-state index contributed by atoms with van der Waals surface area (Å²) in [6.07, 6.45) is 3.61. The molecule has 0 aliphatic rings. The summed E-state index contributed by atoms with van der Waals surface area (Å²) in [4.78, 5) is 25.5. The summed E-state index contributed by atoms with van der Waals surface area (Å²) in [7, 11) is 0. The molecule has 0 radical (unpaired) electrons. The number of unbranched alkanes of at least 4 members (excludes halogenated alkanes) is 1. The summed E-state index contributed by atoms with van der Waals surface area (Å²) < 4.78 is 5.98. The van der Waals surface area contributed by atoms with Crippen molar-refractivity contribution in [1.82, 2.24) is 10.7 Å². The number of carbonyl (C=O) groups excluding carboxylic acids is 2. The highest BCUT2D eigenvalue weighted by Gasteiger charge is 2.24. The highest BCUT2D eigenvalue weighted by Crippen LogP contribution is 2.27. The Hall–Kier alpha value is -3.67. The molecule has 3 aromatic carbocycles. The van der Waals surface area contributed by atoms with Crippen molar-refractivity contribution in [1.29, 1.82) is 0 Å². The van der Waals surface area contributed by atoms with Crippen LogP contribution in [0.1, 0.15) is 55.1 Å². The maximum absolute atomic E-state index is 12.9. The standard InChI is InChI=1S/C28H33N3O3/c1-5-6-17-34-25-16-15-21-9-7-8-10-23(21)24(25)18-29-31-28(33)26(19(2)3)30-27(32)22-13-11-20(4)12-14-22/h7-16,18-19,26H,5-6,17H2,1-4H3,(H,30,32)(H,31,33)/b29-18+. The van der Waals surface area contributed by atoms with Crippen LogP contribution in [0.15, 0.2) is 65.8 Å². The first-order valence-electron chi connectivity index (χ1n) is 11.8.